The van der Waals surface area contributed by atoms with Gasteiger partial charge in [0.1, 0.15) is 0 Å². The third kappa shape index (κ3) is 4.77. The number of rotatable bonds is 8. The van der Waals surface area contributed by atoms with Crippen LogP contribution in [0.2, 0.25) is 0 Å². The minimum atomic E-state index is -2.49. The lowest BCUT2D eigenvalue weighted by molar-refractivity contribution is -0.178. The Morgan fingerprint density at radius 1 is 0.931 bits per heavy atom. The van der Waals surface area contributed by atoms with Crippen molar-refractivity contribution in [3.63, 3.8) is 0 Å². The van der Waals surface area contributed by atoms with Crippen molar-refractivity contribution < 1.29 is 42.9 Å². The van der Waals surface area contributed by atoms with Gasteiger partial charge in [0, 0.05) is 0 Å². The maximum absolute atomic E-state index is 13.0. The first kappa shape index (κ1) is 24.2. The summed E-state index contributed by atoms with van der Waals surface area (Å²) in [6, 6.07) is -1.86. The molecule has 0 fully saturated rings. The molecule has 0 bridgehead atoms. The largest absolute Gasteiger partial charge is 0.479 e. The van der Waals surface area contributed by atoms with Crippen LogP contribution in [0.15, 0.2) is 5.10 Å². The average Bonchev–Trinajstić information content (AvgIpc) is 2.98. The van der Waals surface area contributed by atoms with Crippen LogP contribution in [0.25, 0.3) is 0 Å². The monoisotopic (exact) mass is 416 g/mol. The van der Waals surface area contributed by atoms with Gasteiger partial charge in [-0.1, -0.05) is 0 Å². The lowest BCUT2D eigenvalue weighted by atomic mass is 9.80. The van der Waals surface area contributed by atoms with Crippen LogP contribution in [-0.2, 0) is 38.1 Å². The number of nitrogens with zero attached hydrogens (tertiary/aromatic N) is 2. The van der Waals surface area contributed by atoms with E-state index in [-0.39, 0.29) is 26.4 Å². The smallest absolute Gasteiger partial charge is 0.431 e. The van der Waals surface area contributed by atoms with Crippen molar-refractivity contribution in [3.05, 3.63) is 0 Å². The molecule has 0 saturated heterocycles. The SMILES string of the molecule is CCOC(=O)N1N=C(OCC)C(C(=O)OCC)(C(=O)OCC)C1C(=O)OC(C)C. The lowest BCUT2D eigenvalue weighted by Crippen LogP contribution is -2.61. The zero-order chi connectivity index (χ0) is 22.2. The summed E-state index contributed by atoms with van der Waals surface area (Å²) in [6.45, 7) is 9.06. The third-order valence-electron chi connectivity index (χ3n) is 3.70. The number of carbonyl (C=O) groups excluding carboxylic acids is 4. The molecule has 1 rings (SSSR count). The number of esters is 3. The van der Waals surface area contributed by atoms with E-state index in [0.29, 0.717) is 5.01 Å². The van der Waals surface area contributed by atoms with Gasteiger partial charge in [-0.3, -0.25) is 9.59 Å². The van der Waals surface area contributed by atoms with Crippen LogP contribution in [0, 0.1) is 5.41 Å². The highest BCUT2D eigenvalue weighted by Gasteiger charge is 2.71. The first-order chi connectivity index (χ1) is 13.7. The second-order valence-corrected chi connectivity index (χ2v) is 6.02. The number of hydrogen-bond donors (Lipinski definition) is 0. The van der Waals surface area contributed by atoms with Crippen LogP contribution in [0.3, 0.4) is 0 Å². The van der Waals surface area contributed by atoms with Crippen LogP contribution in [0.5, 0.6) is 0 Å². The zero-order valence-electron chi connectivity index (χ0n) is 17.6. The van der Waals surface area contributed by atoms with Gasteiger partial charge in [-0.05, 0) is 41.5 Å². The van der Waals surface area contributed by atoms with Crippen LogP contribution < -0.4 is 0 Å². The topological polar surface area (TPSA) is 130 Å². The van der Waals surface area contributed by atoms with E-state index < -0.39 is 47.5 Å². The molecule has 0 N–H and O–H groups in total. The van der Waals surface area contributed by atoms with E-state index in [9.17, 15) is 19.2 Å². The number of amides is 1. The highest BCUT2D eigenvalue weighted by atomic mass is 16.6. The summed E-state index contributed by atoms with van der Waals surface area (Å²) in [6.07, 6.45) is -1.67. The molecule has 0 saturated carbocycles. The maximum atomic E-state index is 13.0. The molecule has 11 heteroatoms. The Labute approximate surface area is 169 Å². The summed E-state index contributed by atoms with van der Waals surface area (Å²) in [5.41, 5.74) is -2.49. The van der Waals surface area contributed by atoms with E-state index in [2.05, 4.69) is 5.10 Å². The Bertz CT molecular complexity index is 642. The van der Waals surface area contributed by atoms with E-state index >= 15 is 0 Å². The highest BCUT2D eigenvalue weighted by Crippen LogP contribution is 2.39. The zero-order valence-corrected chi connectivity index (χ0v) is 17.6. The van der Waals surface area contributed by atoms with Gasteiger partial charge in [0.05, 0.1) is 32.5 Å². The lowest BCUT2D eigenvalue weighted by Gasteiger charge is -2.31. The van der Waals surface area contributed by atoms with Gasteiger partial charge in [-0.25, -0.2) is 9.59 Å². The summed E-state index contributed by atoms with van der Waals surface area (Å²) < 4.78 is 25.6. The van der Waals surface area contributed by atoms with Crippen LogP contribution in [-0.4, -0.2) is 73.5 Å². The van der Waals surface area contributed by atoms with Gasteiger partial charge in [0.15, 0.2) is 6.04 Å². The molecule has 1 unspecified atom stereocenters. The Balaban J connectivity index is 3.73. The molecule has 1 aliphatic heterocycles. The average molecular weight is 416 g/mol. The van der Waals surface area contributed by atoms with Crippen LogP contribution in [0.4, 0.5) is 4.79 Å². The van der Waals surface area contributed by atoms with Gasteiger partial charge in [-0.2, -0.15) is 5.01 Å². The highest BCUT2D eigenvalue weighted by molar-refractivity contribution is 6.24. The number of carbonyl (C=O) groups is 4. The van der Waals surface area contributed by atoms with Crippen LogP contribution in [0.1, 0.15) is 41.5 Å². The quantitative estimate of drug-likeness (QED) is 0.326. The van der Waals surface area contributed by atoms with Crippen molar-refractivity contribution in [1.29, 1.82) is 0 Å². The summed E-state index contributed by atoms with van der Waals surface area (Å²) in [5, 5.41) is 4.48. The third-order valence-corrected chi connectivity index (χ3v) is 3.70. The molecule has 1 amide bonds. The molecule has 0 aromatic rings. The second-order valence-electron chi connectivity index (χ2n) is 6.02. The summed E-state index contributed by atoms with van der Waals surface area (Å²) in [5.74, 6) is -3.87. The van der Waals surface area contributed by atoms with E-state index in [4.69, 9.17) is 23.7 Å². The van der Waals surface area contributed by atoms with E-state index in [1.165, 1.54) is 13.8 Å². The molecule has 29 heavy (non-hydrogen) atoms. The molecule has 0 radical (unpaired) electrons. The summed E-state index contributed by atoms with van der Waals surface area (Å²) in [4.78, 5) is 51.5. The molecule has 11 nitrogen and oxygen atoms in total. The fourth-order valence-corrected chi connectivity index (χ4v) is 2.69. The molecule has 0 aromatic carbocycles. The van der Waals surface area contributed by atoms with Crippen molar-refractivity contribution in [3.8, 4) is 0 Å². The molecule has 0 aliphatic carbocycles. The molecule has 1 atom stereocenters. The Morgan fingerprint density at radius 2 is 1.45 bits per heavy atom. The van der Waals surface area contributed by atoms with Gasteiger partial charge < -0.3 is 23.7 Å². The number of hydrazone groups is 1. The fraction of sp³-hybridized carbons (Fsp3) is 0.722. The second kappa shape index (κ2) is 10.6. The van der Waals surface area contributed by atoms with Crippen molar-refractivity contribution in [2.75, 3.05) is 26.4 Å². The standard InChI is InChI=1S/C18H28N2O9/c1-7-25-14-18(15(22)26-8-2,16(23)27-9-3)12(13(21)29-11(5)6)20(19-14)17(24)28-10-4/h11-12H,7-10H2,1-6H3. The molecule has 0 spiro atoms. The van der Waals surface area contributed by atoms with Crippen LogP contribution >= 0.6 is 0 Å². The van der Waals surface area contributed by atoms with Gasteiger partial charge in [0.25, 0.3) is 5.41 Å². The normalized spacial score (nSPS) is 17.4. The Morgan fingerprint density at radius 3 is 1.86 bits per heavy atom. The minimum absolute atomic E-state index is 0.0119. The van der Waals surface area contributed by atoms with Crippen molar-refractivity contribution in [2.24, 2.45) is 10.5 Å². The molecular formula is C18H28N2O9. The first-order valence-corrected chi connectivity index (χ1v) is 9.44. The molecule has 164 valence electrons. The predicted molar refractivity (Wildman–Crippen MR) is 98.6 cm³/mol. The summed E-state index contributed by atoms with van der Waals surface area (Å²) >= 11 is 0. The molecular weight excluding hydrogens is 388 g/mol. The van der Waals surface area contributed by atoms with Gasteiger partial charge >= 0.3 is 24.0 Å². The number of hydrogen-bond acceptors (Lipinski definition) is 10. The van der Waals surface area contributed by atoms with E-state index in [0.717, 1.165) is 0 Å². The summed E-state index contributed by atoms with van der Waals surface area (Å²) in [7, 11) is 0. The molecule has 1 aliphatic rings. The van der Waals surface area contributed by atoms with Crippen molar-refractivity contribution in [1.82, 2.24) is 5.01 Å². The van der Waals surface area contributed by atoms with E-state index in [1.807, 2.05) is 0 Å². The minimum Gasteiger partial charge on any atom is -0.479 e. The van der Waals surface area contributed by atoms with Crippen molar-refractivity contribution in [2.45, 2.75) is 53.7 Å². The van der Waals surface area contributed by atoms with E-state index in [1.54, 1.807) is 27.7 Å². The Hall–Kier alpha value is -2.85. The van der Waals surface area contributed by atoms with Crippen molar-refractivity contribution >= 4 is 29.9 Å². The molecule has 0 aromatic heterocycles. The molecule has 1 heterocycles. The van der Waals surface area contributed by atoms with Gasteiger partial charge in [0.2, 0.25) is 5.90 Å². The Kier molecular flexibility index (Phi) is 8.86. The fourth-order valence-electron chi connectivity index (χ4n) is 2.69. The predicted octanol–water partition coefficient (Wildman–Crippen LogP) is 1.24. The number of ether oxygens (including phenoxy) is 5. The van der Waals surface area contributed by atoms with Gasteiger partial charge in [-0.15, -0.1) is 5.10 Å². The maximum Gasteiger partial charge on any atom is 0.431 e. The first-order valence-electron chi connectivity index (χ1n) is 9.44.